The van der Waals surface area contributed by atoms with Crippen LogP contribution in [0.1, 0.15) is 35.4 Å². The van der Waals surface area contributed by atoms with Gasteiger partial charge in [-0.3, -0.25) is 14.6 Å². The molecule has 1 aromatic carbocycles. The van der Waals surface area contributed by atoms with Crippen molar-refractivity contribution in [3.8, 4) is 11.3 Å². The molecule has 1 atom stereocenters. The van der Waals surface area contributed by atoms with Crippen LogP contribution in [0.2, 0.25) is 0 Å². The monoisotopic (exact) mass is 327 g/mol. The molecule has 2 N–H and O–H groups in total. The predicted octanol–water partition coefficient (Wildman–Crippen LogP) is 2.83. The van der Waals surface area contributed by atoms with E-state index in [0.29, 0.717) is 17.8 Å². The Hall–Kier alpha value is -2.96. The maximum atomic E-state index is 13.0. The van der Waals surface area contributed by atoms with Crippen molar-refractivity contribution in [3.63, 3.8) is 0 Å². The number of nitrogens with one attached hydrogen (secondary N) is 2. The molecule has 0 fully saturated rings. The van der Waals surface area contributed by atoms with E-state index in [2.05, 4.69) is 20.6 Å². The van der Waals surface area contributed by atoms with E-state index in [-0.39, 0.29) is 17.8 Å². The van der Waals surface area contributed by atoms with E-state index in [4.69, 9.17) is 0 Å². The zero-order valence-corrected chi connectivity index (χ0v) is 13.5. The molecule has 124 valence electrons. The van der Waals surface area contributed by atoms with Crippen molar-refractivity contribution in [1.82, 2.24) is 25.3 Å². The normalized spacial score (nSPS) is 12.1. The number of halogens is 1. The van der Waals surface area contributed by atoms with Gasteiger partial charge in [0.15, 0.2) is 0 Å². The summed E-state index contributed by atoms with van der Waals surface area (Å²) >= 11 is 0. The fourth-order valence-corrected chi connectivity index (χ4v) is 2.49. The van der Waals surface area contributed by atoms with Crippen LogP contribution >= 0.6 is 0 Å². The Morgan fingerprint density at radius 1 is 1.38 bits per heavy atom. The zero-order valence-electron chi connectivity index (χ0n) is 13.5. The van der Waals surface area contributed by atoms with Crippen LogP contribution in [0.15, 0.2) is 42.7 Å². The lowest BCUT2D eigenvalue weighted by Gasteiger charge is -2.16. The first-order valence-corrected chi connectivity index (χ1v) is 7.67. The van der Waals surface area contributed by atoms with E-state index in [1.807, 2.05) is 20.2 Å². The van der Waals surface area contributed by atoms with Crippen molar-refractivity contribution >= 4 is 5.91 Å². The van der Waals surface area contributed by atoms with Gasteiger partial charge in [0.1, 0.15) is 11.5 Å². The van der Waals surface area contributed by atoms with Crippen molar-refractivity contribution in [1.29, 1.82) is 0 Å². The van der Waals surface area contributed by atoms with Gasteiger partial charge in [-0.15, -0.1) is 0 Å². The Labute approximate surface area is 138 Å². The molecule has 0 bridgehead atoms. The minimum atomic E-state index is -0.297. The second-order valence-electron chi connectivity index (χ2n) is 5.56. The Morgan fingerprint density at radius 3 is 2.75 bits per heavy atom. The molecule has 3 aromatic rings. The number of aromatic amines is 1. The van der Waals surface area contributed by atoms with Crippen molar-refractivity contribution in [3.05, 3.63) is 59.8 Å². The molecule has 0 saturated carbocycles. The average molecular weight is 327 g/mol. The van der Waals surface area contributed by atoms with Gasteiger partial charge in [0, 0.05) is 18.8 Å². The van der Waals surface area contributed by atoms with E-state index in [1.54, 1.807) is 29.1 Å². The molecule has 0 unspecified atom stereocenters. The van der Waals surface area contributed by atoms with E-state index in [1.165, 1.54) is 12.1 Å². The molecular weight excluding hydrogens is 309 g/mol. The number of carbonyl (C=O) groups excluding carboxylic acids is 1. The van der Waals surface area contributed by atoms with Gasteiger partial charge in [-0.25, -0.2) is 4.39 Å². The SMILES string of the molecule is CC[C@@H](NC(=O)c1cc(-c2cnn(C)c2)n[nH]1)c1ccc(F)cc1. The predicted molar refractivity (Wildman–Crippen MR) is 87.7 cm³/mol. The van der Waals surface area contributed by atoms with Gasteiger partial charge in [0.05, 0.1) is 17.9 Å². The van der Waals surface area contributed by atoms with Crippen LogP contribution in [0.4, 0.5) is 4.39 Å². The molecule has 1 amide bonds. The van der Waals surface area contributed by atoms with Crippen LogP contribution in [-0.4, -0.2) is 25.9 Å². The first-order valence-electron chi connectivity index (χ1n) is 7.67. The Morgan fingerprint density at radius 2 is 2.12 bits per heavy atom. The minimum Gasteiger partial charge on any atom is -0.344 e. The molecule has 0 aliphatic rings. The first-order chi connectivity index (χ1) is 11.6. The van der Waals surface area contributed by atoms with Crippen LogP contribution in [0.3, 0.4) is 0 Å². The number of hydrogen-bond donors (Lipinski definition) is 2. The van der Waals surface area contributed by atoms with E-state index in [0.717, 1.165) is 11.1 Å². The quantitative estimate of drug-likeness (QED) is 0.756. The van der Waals surface area contributed by atoms with Gasteiger partial charge < -0.3 is 5.32 Å². The smallest absolute Gasteiger partial charge is 0.269 e. The number of carbonyl (C=O) groups is 1. The lowest BCUT2D eigenvalue weighted by atomic mass is 10.0. The summed E-state index contributed by atoms with van der Waals surface area (Å²) in [4.78, 5) is 12.4. The third-order valence-electron chi connectivity index (χ3n) is 3.81. The minimum absolute atomic E-state index is 0.191. The Kier molecular flexibility index (Phi) is 4.41. The largest absolute Gasteiger partial charge is 0.344 e. The van der Waals surface area contributed by atoms with Crippen molar-refractivity contribution in [2.75, 3.05) is 0 Å². The number of hydrogen-bond acceptors (Lipinski definition) is 3. The molecule has 0 aliphatic carbocycles. The zero-order chi connectivity index (χ0) is 17.1. The summed E-state index contributed by atoms with van der Waals surface area (Å²) < 4.78 is 14.7. The van der Waals surface area contributed by atoms with E-state index in [9.17, 15) is 9.18 Å². The number of aryl methyl sites for hydroxylation is 1. The Bertz CT molecular complexity index is 837. The van der Waals surface area contributed by atoms with Crippen LogP contribution in [0.5, 0.6) is 0 Å². The molecule has 7 heteroatoms. The molecule has 24 heavy (non-hydrogen) atoms. The lowest BCUT2D eigenvalue weighted by Crippen LogP contribution is -2.28. The van der Waals surface area contributed by atoms with Gasteiger partial charge >= 0.3 is 0 Å². The van der Waals surface area contributed by atoms with Crippen LogP contribution < -0.4 is 5.32 Å². The summed E-state index contributed by atoms with van der Waals surface area (Å²) in [5, 5.41) is 13.9. The Balaban J connectivity index is 1.74. The molecule has 2 aromatic heterocycles. The number of nitrogens with zero attached hydrogens (tertiary/aromatic N) is 3. The molecular formula is C17H18FN5O. The number of rotatable bonds is 5. The second-order valence-corrected chi connectivity index (χ2v) is 5.56. The van der Waals surface area contributed by atoms with Crippen LogP contribution in [-0.2, 0) is 7.05 Å². The maximum absolute atomic E-state index is 13.0. The van der Waals surface area contributed by atoms with Gasteiger partial charge in [0.2, 0.25) is 0 Å². The third kappa shape index (κ3) is 3.34. The lowest BCUT2D eigenvalue weighted by molar-refractivity contribution is 0.0930. The van der Waals surface area contributed by atoms with Crippen LogP contribution in [0.25, 0.3) is 11.3 Å². The van der Waals surface area contributed by atoms with Crippen molar-refractivity contribution < 1.29 is 9.18 Å². The second kappa shape index (κ2) is 6.66. The third-order valence-corrected chi connectivity index (χ3v) is 3.81. The maximum Gasteiger partial charge on any atom is 0.269 e. The average Bonchev–Trinajstić information content (AvgIpc) is 3.22. The summed E-state index contributed by atoms with van der Waals surface area (Å²) in [7, 11) is 1.82. The highest BCUT2D eigenvalue weighted by atomic mass is 19.1. The first kappa shape index (κ1) is 15.9. The fraction of sp³-hybridized carbons (Fsp3) is 0.235. The highest BCUT2D eigenvalue weighted by molar-refractivity contribution is 5.93. The molecule has 0 radical (unpaired) electrons. The standard InChI is InChI=1S/C17H18FN5O/c1-3-14(11-4-6-13(18)7-5-11)20-17(24)16-8-15(21-22-16)12-9-19-23(2)10-12/h4-10,14H,3H2,1-2H3,(H,20,24)(H,21,22)/t14-/m1/s1. The number of amides is 1. The highest BCUT2D eigenvalue weighted by Gasteiger charge is 2.17. The number of benzene rings is 1. The molecule has 0 spiro atoms. The number of aromatic nitrogens is 4. The van der Waals surface area contributed by atoms with Crippen molar-refractivity contribution in [2.24, 2.45) is 7.05 Å². The van der Waals surface area contributed by atoms with E-state index < -0.39 is 0 Å². The molecule has 6 nitrogen and oxygen atoms in total. The topological polar surface area (TPSA) is 75.6 Å². The van der Waals surface area contributed by atoms with Gasteiger partial charge in [-0.2, -0.15) is 10.2 Å². The summed E-state index contributed by atoms with van der Waals surface area (Å²) in [5.74, 6) is -0.552. The van der Waals surface area contributed by atoms with E-state index >= 15 is 0 Å². The highest BCUT2D eigenvalue weighted by Crippen LogP contribution is 2.19. The van der Waals surface area contributed by atoms with Gasteiger partial charge in [-0.1, -0.05) is 19.1 Å². The summed E-state index contributed by atoms with van der Waals surface area (Å²) in [6, 6.07) is 7.63. The molecule has 0 saturated heterocycles. The van der Waals surface area contributed by atoms with Crippen molar-refractivity contribution in [2.45, 2.75) is 19.4 Å². The van der Waals surface area contributed by atoms with Crippen LogP contribution in [0, 0.1) is 5.82 Å². The molecule has 0 aliphatic heterocycles. The summed E-state index contributed by atoms with van der Waals surface area (Å²) in [6.45, 7) is 1.96. The van der Waals surface area contributed by atoms with Gasteiger partial charge in [-0.05, 0) is 30.2 Å². The fourth-order valence-electron chi connectivity index (χ4n) is 2.49. The molecule has 3 rings (SSSR count). The van der Waals surface area contributed by atoms with Gasteiger partial charge in [0.25, 0.3) is 5.91 Å². The summed E-state index contributed by atoms with van der Waals surface area (Å²) in [6.07, 6.45) is 4.21. The number of H-pyrrole nitrogens is 1. The molecule has 2 heterocycles. The summed E-state index contributed by atoms with van der Waals surface area (Å²) in [5.41, 5.74) is 2.72.